The first kappa shape index (κ1) is 4.23. The van der Waals surface area contributed by atoms with E-state index in [0.717, 1.165) is 0 Å². The summed E-state index contributed by atoms with van der Waals surface area (Å²) in [6.07, 6.45) is 0.264. The van der Waals surface area contributed by atoms with Gasteiger partial charge in [-0.1, -0.05) is 0 Å². The fourth-order valence-electron chi connectivity index (χ4n) is 0.309. The number of carbonyl (C=O) groups is 1. The van der Waals surface area contributed by atoms with Gasteiger partial charge in [0.05, 0.1) is 0 Å². The summed E-state index contributed by atoms with van der Waals surface area (Å²) in [5.74, 6) is 0. The first-order valence-electron chi connectivity index (χ1n) is 1.91. The molecular weight excluding hydrogens is 96.0 g/mol. The van der Waals surface area contributed by atoms with Gasteiger partial charge in [0, 0.05) is 5.28 Å². The number of hydrogen-bond donors (Lipinski definition) is 0. The molecule has 1 aliphatic rings. The van der Waals surface area contributed by atoms with E-state index in [2.05, 4.69) is 15.2 Å². The van der Waals surface area contributed by atoms with E-state index in [1.807, 2.05) is 0 Å². The highest BCUT2D eigenvalue weighted by Gasteiger charge is 2.10. The van der Waals surface area contributed by atoms with Crippen molar-refractivity contribution in [2.75, 3.05) is 6.54 Å². The Morgan fingerprint density at radius 2 is 2.71 bits per heavy atom. The second-order valence-corrected chi connectivity index (χ2v) is 1.19. The van der Waals surface area contributed by atoms with Crippen LogP contribution in [0.15, 0.2) is 10.4 Å². The van der Waals surface area contributed by atoms with Crippen LogP contribution in [0, 0.1) is 0 Å². The van der Waals surface area contributed by atoms with Crippen molar-refractivity contribution in [2.45, 2.75) is 6.10 Å². The molecule has 0 amide bonds. The summed E-state index contributed by atoms with van der Waals surface area (Å²) >= 11 is 0. The second-order valence-electron chi connectivity index (χ2n) is 1.19. The molecule has 0 saturated heterocycles. The molecule has 1 heterocycles. The average molecular weight is 100 g/mol. The van der Waals surface area contributed by atoms with Crippen LogP contribution in [0.5, 0.6) is 0 Å². The van der Waals surface area contributed by atoms with Crippen LogP contribution in [0.3, 0.4) is 0 Å². The van der Waals surface area contributed by atoms with Crippen LogP contribution in [0.4, 0.5) is 0 Å². The molecule has 38 valence electrons. The van der Waals surface area contributed by atoms with Gasteiger partial charge < -0.3 is 4.84 Å². The lowest BCUT2D eigenvalue weighted by Crippen LogP contribution is -2.09. The van der Waals surface area contributed by atoms with Gasteiger partial charge in [-0.25, -0.2) is 0 Å². The molecule has 7 heavy (non-hydrogen) atoms. The van der Waals surface area contributed by atoms with E-state index < -0.39 is 6.10 Å². The molecule has 0 aromatic heterocycles. The van der Waals surface area contributed by atoms with Crippen molar-refractivity contribution in [2.24, 2.45) is 10.4 Å². The van der Waals surface area contributed by atoms with Crippen molar-refractivity contribution in [1.82, 2.24) is 0 Å². The van der Waals surface area contributed by atoms with Crippen LogP contribution >= 0.6 is 0 Å². The predicted molar refractivity (Wildman–Crippen MR) is 20.7 cm³/mol. The minimum Gasteiger partial charge on any atom is -0.366 e. The molecule has 0 radical (unpaired) electrons. The van der Waals surface area contributed by atoms with Gasteiger partial charge in [-0.3, -0.25) is 4.79 Å². The van der Waals surface area contributed by atoms with Crippen molar-refractivity contribution in [1.29, 1.82) is 0 Å². The maximum atomic E-state index is 9.76. The highest BCUT2D eigenvalue weighted by Crippen LogP contribution is 1.98. The fourth-order valence-corrected chi connectivity index (χ4v) is 0.309. The van der Waals surface area contributed by atoms with Crippen LogP contribution in [-0.2, 0) is 9.63 Å². The predicted octanol–water partition coefficient (Wildman–Crippen LogP) is -0.0487. The van der Waals surface area contributed by atoms with Crippen molar-refractivity contribution in [3.63, 3.8) is 0 Å². The topological polar surface area (TPSA) is 51.0 Å². The number of rotatable bonds is 1. The average Bonchev–Trinajstić information content (AvgIpc) is 2.14. The molecule has 0 bridgehead atoms. The fraction of sp³-hybridized carbons (Fsp3) is 0.667. The van der Waals surface area contributed by atoms with Gasteiger partial charge in [0.25, 0.3) is 0 Å². The van der Waals surface area contributed by atoms with E-state index in [0.29, 0.717) is 12.8 Å². The van der Waals surface area contributed by atoms with Crippen LogP contribution in [0.25, 0.3) is 0 Å². The molecule has 4 heteroatoms. The smallest absolute Gasteiger partial charge is 0.205 e. The Kier molecular flexibility index (Phi) is 1.02. The molecule has 1 rings (SSSR count). The third kappa shape index (κ3) is 0.734. The molecule has 0 aromatic rings. The van der Waals surface area contributed by atoms with Crippen LogP contribution < -0.4 is 0 Å². The number of carbonyl (C=O) groups excluding carboxylic acids is 1. The third-order valence-corrected chi connectivity index (χ3v) is 0.654. The van der Waals surface area contributed by atoms with Crippen molar-refractivity contribution in [3.05, 3.63) is 0 Å². The minimum atomic E-state index is -0.417. The molecule has 4 nitrogen and oxygen atoms in total. The van der Waals surface area contributed by atoms with Crippen molar-refractivity contribution in [3.8, 4) is 0 Å². The van der Waals surface area contributed by atoms with Gasteiger partial charge >= 0.3 is 0 Å². The Hall–Kier alpha value is -0.930. The van der Waals surface area contributed by atoms with Crippen LogP contribution in [0.1, 0.15) is 0 Å². The summed E-state index contributed by atoms with van der Waals surface area (Å²) in [6, 6.07) is 0. The largest absolute Gasteiger partial charge is 0.366 e. The van der Waals surface area contributed by atoms with Crippen molar-refractivity contribution >= 4 is 6.29 Å². The van der Waals surface area contributed by atoms with Gasteiger partial charge in [0.2, 0.25) is 6.10 Å². The molecule has 1 unspecified atom stereocenters. The summed E-state index contributed by atoms with van der Waals surface area (Å²) in [4.78, 5) is 14.2. The SMILES string of the molecule is O=CC1CN=NO1. The van der Waals surface area contributed by atoms with E-state index in [1.165, 1.54) is 0 Å². The normalized spacial score (nSPS) is 27.1. The molecule has 0 spiro atoms. The Morgan fingerprint density at radius 3 is 3.00 bits per heavy atom. The van der Waals surface area contributed by atoms with Crippen molar-refractivity contribution < 1.29 is 9.63 Å². The lowest BCUT2D eigenvalue weighted by molar-refractivity contribution is -0.115. The highest BCUT2D eigenvalue weighted by molar-refractivity contribution is 5.56. The van der Waals surface area contributed by atoms with E-state index in [4.69, 9.17) is 0 Å². The number of hydrogen-bond acceptors (Lipinski definition) is 4. The first-order chi connectivity index (χ1) is 3.43. The van der Waals surface area contributed by atoms with E-state index in [9.17, 15) is 4.79 Å². The Bertz CT molecular complexity index is 93.1. The quantitative estimate of drug-likeness (QED) is 0.434. The van der Waals surface area contributed by atoms with Gasteiger partial charge in [0.1, 0.15) is 6.54 Å². The zero-order valence-corrected chi connectivity index (χ0v) is 3.57. The van der Waals surface area contributed by atoms with E-state index in [1.54, 1.807) is 0 Å². The number of nitrogens with zero attached hydrogens (tertiary/aromatic N) is 2. The standard InChI is InChI=1S/C3H4N2O2/c6-2-3-1-4-5-7-3/h2-3H,1H2. The molecule has 0 saturated carbocycles. The molecule has 0 N–H and O–H groups in total. The Balaban J connectivity index is 2.35. The summed E-state index contributed by atoms with van der Waals surface area (Å²) in [7, 11) is 0. The molecule has 0 aliphatic carbocycles. The summed E-state index contributed by atoms with van der Waals surface area (Å²) in [5.41, 5.74) is 0. The lowest BCUT2D eigenvalue weighted by atomic mass is 10.4. The molecule has 0 aromatic carbocycles. The Morgan fingerprint density at radius 1 is 1.86 bits per heavy atom. The summed E-state index contributed by atoms with van der Waals surface area (Å²) in [5, 5.41) is 6.54. The monoisotopic (exact) mass is 100 g/mol. The molecule has 1 atom stereocenters. The third-order valence-electron chi connectivity index (χ3n) is 0.654. The molecule has 0 fully saturated rings. The van der Waals surface area contributed by atoms with Gasteiger partial charge in [0.15, 0.2) is 6.29 Å². The van der Waals surface area contributed by atoms with E-state index >= 15 is 0 Å². The zero-order chi connectivity index (χ0) is 5.11. The number of aldehydes is 1. The molecule has 1 aliphatic heterocycles. The van der Waals surface area contributed by atoms with Gasteiger partial charge in [-0.05, 0) is 0 Å². The summed E-state index contributed by atoms with van der Waals surface area (Å²) < 4.78 is 0. The Labute approximate surface area is 40.1 Å². The van der Waals surface area contributed by atoms with E-state index in [-0.39, 0.29) is 0 Å². The summed E-state index contributed by atoms with van der Waals surface area (Å²) in [6.45, 7) is 0.378. The highest BCUT2D eigenvalue weighted by atomic mass is 16.7. The maximum Gasteiger partial charge on any atom is 0.205 e. The van der Waals surface area contributed by atoms with Gasteiger partial charge in [-0.2, -0.15) is 0 Å². The zero-order valence-electron chi connectivity index (χ0n) is 3.57. The maximum absolute atomic E-state index is 9.76. The lowest BCUT2D eigenvalue weighted by Gasteiger charge is -1.89. The molecular formula is C3H4N2O2. The van der Waals surface area contributed by atoms with Crippen LogP contribution in [0.2, 0.25) is 0 Å². The second kappa shape index (κ2) is 1.68. The van der Waals surface area contributed by atoms with Gasteiger partial charge in [-0.15, -0.1) is 5.11 Å². The van der Waals surface area contributed by atoms with Crippen LogP contribution in [-0.4, -0.2) is 18.9 Å². The minimum absolute atomic E-state index is 0.378. The first-order valence-corrected chi connectivity index (χ1v) is 1.91.